The molecule has 2 nitrogen and oxygen atoms in total. The van der Waals surface area contributed by atoms with Gasteiger partial charge in [-0.3, -0.25) is 5.41 Å². The molecule has 21 heavy (non-hydrogen) atoms. The Hall–Kier alpha value is -1.80. The predicted octanol–water partition coefficient (Wildman–Crippen LogP) is 4.79. The first-order valence-corrected chi connectivity index (χ1v) is 7.24. The Balaban J connectivity index is 0.00000220. The molecule has 0 aliphatic heterocycles. The van der Waals surface area contributed by atoms with Gasteiger partial charge in [0.2, 0.25) is 0 Å². The molecule has 112 valence electrons. The molecule has 0 spiro atoms. The number of nitrogens with two attached hydrogens (primary N) is 1. The van der Waals surface area contributed by atoms with Crippen LogP contribution in [0.4, 0.5) is 0 Å². The highest BCUT2D eigenvalue weighted by Crippen LogP contribution is 2.21. The topological polar surface area (TPSA) is 49.9 Å². The monoisotopic (exact) mass is 302 g/mol. The van der Waals surface area contributed by atoms with Crippen LogP contribution in [0.1, 0.15) is 37.3 Å². The fraction of sp³-hybridized carbons (Fsp3) is 0.278. The van der Waals surface area contributed by atoms with Gasteiger partial charge in [-0.05, 0) is 29.5 Å². The van der Waals surface area contributed by atoms with Crippen molar-refractivity contribution in [3.63, 3.8) is 0 Å². The lowest BCUT2D eigenvalue weighted by Gasteiger charge is -2.06. The van der Waals surface area contributed by atoms with E-state index in [1.54, 1.807) is 0 Å². The lowest BCUT2D eigenvalue weighted by atomic mass is 10.0. The molecule has 0 radical (unpaired) electrons. The first kappa shape index (κ1) is 17.3. The Morgan fingerprint density at radius 1 is 0.905 bits per heavy atom. The van der Waals surface area contributed by atoms with E-state index in [1.807, 2.05) is 24.3 Å². The Morgan fingerprint density at radius 2 is 1.43 bits per heavy atom. The summed E-state index contributed by atoms with van der Waals surface area (Å²) in [6.45, 7) is 2.23. The Morgan fingerprint density at radius 3 is 1.90 bits per heavy atom. The molecule has 2 rings (SSSR count). The van der Waals surface area contributed by atoms with Crippen LogP contribution >= 0.6 is 12.4 Å². The van der Waals surface area contributed by atoms with E-state index in [0.717, 1.165) is 17.5 Å². The minimum atomic E-state index is 0. The molecule has 0 aliphatic carbocycles. The second-order valence-electron chi connectivity index (χ2n) is 5.15. The second-order valence-corrected chi connectivity index (χ2v) is 5.15. The molecule has 0 aromatic heterocycles. The van der Waals surface area contributed by atoms with E-state index in [1.165, 1.54) is 30.4 Å². The number of hydrogen-bond donors (Lipinski definition) is 2. The second kappa shape index (κ2) is 8.48. The van der Waals surface area contributed by atoms with Crippen LogP contribution in [0.15, 0.2) is 48.5 Å². The Bertz CT molecular complexity index is 559. The summed E-state index contributed by atoms with van der Waals surface area (Å²) in [7, 11) is 0. The van der Waals surface area contributed by atoms with Crippen molar-refractivity contribution in [3.8, 4) is 11.1 Å². The van der Waals surface area contributed by atoms with E-state index in [9.17, 15) is 0 Å². The summed E-state index contributed by atoms with van der Waals surface area (Å²) in [6.07, 6.45) is 5.00. The van der Waals surface area contributed by atoms with Gasteiger partial charge < -0.3 is 5.73 Å². The third-order valence-corrected chi connectivity index (χ3v) is 3.55. The van der Waals surface area contributed by atoms with Crippen molar-refractivity contribution in [1.82, 2.24) is 0 Å². The summed E-state index contributed by atoms with van der Waals surface area (Å²) in [5.41, 5.74) is 10.0. The molecule has 0 bridgehead atoms. The molecule has 0 heterocycles. The van der Waals surface area contributed by atoms with Gasteiger partial charge in [-0.2, -0.15) is 0 Å². The summed E-state index contributed by atoms with van der Waals surface area (Å²) >= 11 is 0. The number of nitrogen functional groups attached to an aromatic ring is 1. The van der Waals surface area contributed by atoms with Crippen LogP contribution in [0.2, 0.25) is 0 Å². The summed E-state index contributed by atoms with van der Waals surface area (Å²) in [4.78, 5) is 0. The number of halogens is 1. The van der Waals surface area contributed by atoms with Crippen LogP contribution < -0.4 is 5.73 Å². The van der Waals surface area contributed by atoms with Crippen molar-refractivity contribution in [1.29, 1.82) is 5.41 Å². The largest absolute Gasteiger partial charge is 0.384 e. The standard InChI is InChI=1S/C18H22N2.ClH/c1-2-3-4-5-14-6-8-15(9-7-14)16-10-12-17(13-11-16)18(19)20;/h6-13H,2-5H2,1H3,(H3,19,20);1H. The lowest BCUT2D eigenvalue weighted by Crippen LogP contribution is -2.10. The van der Waals surface area contributed by atoms with Crippen LogP contribution in [-0.2, 0) is 6.42 Å². The van der Waals surface area contributed by atoms with Gasteiger partial charge in [0.1, 0.15) is 5.84 Å². The fourth-order valence-electron chi connectivity index (χ4n) is 2.29. The van der Waals surface area contributed by atoms with Crippen LogP contribution in [0.25, 0.3) is 11.1 Å². The average molecular weight is 303 g/mol. The number of unbranched alkanes of at least 4 members (excludes halogenated alkanes) is 2. The van der Waals surface area contributed by atoms with Crippen molar-refractivity contribution in [2.45, 2.75) is 32.6 Å². The van der Waals surface area contributed by atoms with Gasteiger partial charge in [0.15, 0.2) is 0 Å². The molecule has 0 fully saturated rings. The number of hydrogen-bond acceptors (Lipinski definition) is 1. The van der Waals surface area contributed by atoms with Crippen molar-refractivity contribution in [2.75, 3.05) is 0 Å². The number of rotatable bonds is 6. The van der Waals surface area contributed by atoms with Crippen LogP contribution in [0.5, 0.6) is 0 Å². The maximum Gasteiger partial charge on any atom is 0.122 e. The minimum Gasteiger partial charge on any atom is -0.384 e. The number of benzene rings is 2. The molecule has 0 unspecified atom stereocenters. The van der Waals surface area contributed by atoms with E-state index in [2.05, 4.69) is 31.2 Å². The highest BCUT2D eigenvalue weighted by atomic mass is 35.5. The quantitative estimate of drug-likeness (QED) is 0.450. The summed E-state index contributed by atoms with van der Waals surface area (Å²) < 4.78 is 0. The maximum absolute atomic E-state index is 7.40. The van der Waals surface area contributed by atoms with Crippen molar-refractivity contribution in [3.05, 3.63) is 59.7 Å². The van der Waals surface area contributed by atoms with Crippen LogP contribution in [0.3, 0.4) is 0 Å². The number of amidine groups is 1. The predicted molar refractivity (Wildman–Crippen MR) is 93.4 cm³/mol. The zero-order valence-electron chi connectivity index (χ0n) is 12.4. The van der Waals surface area contributed by atoms with E-state index in [0.29, 0.717) is 0 Å². The summed E-state index contributed by atoms with van der Waals surface area (Å²) in [5.74, 6) is 0.114. The van der Waals surface area contributed by atoms with Gasteiger partial charge in [0, 0.05) is 5.56 Å². The van der Waals surface area contributed by atoms with Crippen molar-refractivity contribution >= 4 is 18.2 Å². The van der Waals surface area contributed by atoms with E-state index >= 15 is 0 Å². The molecule has 0 saturated carbocycles. The first-order chi connectivity index (χ1) is 9.70. The van der Waals surface area contributed by atoms with Crippen LogP contribution in [0, 0.1) is 5.41 Å². The molecule has 3 N–H and O–H groups in total. The highest BCUT2D eigenvalue weighted by molar-refractivity contribution is 5.95. The zero-order valence-corrected chi connectivity index (χ0v) is 13.2. The number of nitrogens with one attached hydrogen (secondary N) is 1. The van der Waals surface area contributed by atoms with E-state index in [4.69, 9.17) is 11.1 Å². The molecule has 3 heteroatoms. The Labute approximate surface area is 133 Å². The van der Waals surface area contributed by atoms with Gasteiger partial charge in [0.25, 0.3) is 0 Å². The molecule has 0 atom stereocenters. The SMILES string of the molecule is CCCCCc1ccc(-c2ccc(C(=N)N)cc2)cc1.Cl. The molecule has 2 aromatic carbocycles. The first-order valence-electron chi connectivity index (χ1n) is 7.24. The third-order valence-electron chi connectivity index (χ3n) is 3.55. The summed E-state index contributed by atoms with van der Waals surface area (Å²) in [6, 6.07) is 16.6. The van der Waals surface area contributed by atoms with Gasteiger partial charge in [-0.25, -0.2) is 0 Å². The van der Waals surface area contributed by atoms with Gasteiger partial charge in [-0.15, -0.1) is 12.4 Å². The van der Waals surface area contributed by atoms with Gasteiger partial charge >= 0.3 is 0 Å². The molecule has 0 aliphatic rings. The highest BCUT2D eigenvalue weighted by Gasteiger charge is 2.00. The van der Waals surface area contributed by atoms with Gasteiger partial charge in [-0.1, -0.05) is 68.3 Å². The number of aryl methyl sites for hydroxylation is 1. The summed E-state index contributed by atoms with van der Waals surface area (Å²) in [5, 5.41) is 7.40. The van der Waals surface area contributed by atoms with Gasteiger partial charge in [0.05, 0.1) is 0 Å². The van der Waals surface area contributed by atoms with Crippen LogP contribution in [-0.4, -0.2) is 5.84 Å². The minimum absolute atomic E-state index is 0. The molecular weight excluding hydrogens is 280 g/mol. The third kappa shape index (κ3) is 4.91. The molecular formula is C18H23ClN2. The van der Waals surface area contributed by atoms with E-state index < -0.39 is 0 Å². The smallest absolute Gasteiger partial charge is 0.122 e. The lowest BCUT2D eigenvalue weighted by molar-refractivity contribution is 0.717. The zero-order chi connectivity index (χ0) is 14.4. The average Bonchev–Trinajstić information content (AvgIpc) is 2.48. The van der Waals surface area contributed by atoms with E-state index in [-0.39, 0.29) is 18.2 Å². The normalized spacial score (nSPS) is 9.95. The Kier molecular flexibility index (Phi) is 6.97. The fourth-order valence-corrected chi connectivity index (χ4v) is 2.29. The maximum atomic E-state index is 7.40. The molecule has 0 saturated heterocycles. The molecule has 2 aromatic rings. The molecule has 0 amide bonds. The van der Waals surface area contributed by atoms with Crippen molar-refractivity contribution in [2.24, 2.45) is 5.73 Å². The van der Waals surface area contributed by atoms with Crippen molar-refractivity contribution < 1.29 is 0 Å².